The van der Waals surface area contributed by atoms with E-state index in [1.807, 2.05) is 26.8 Å². The number of allylic oxidation sites excluding steroid dienone is 1. The van der Waals surface area contributed by atoms with Crippen molar-refractivity contribution in [2.24, 2.45) is 0 Å². The van der Waals surface area contributed by atoms with Crippen molar-refractivity contribution >= 4 is 0 Å². The van der Waals surface area contributed by atoms with Crippen molar-refractivity contribution in [2.75, 3.05) is 0 Å². The van der Waals surface area contributed by atoms with Crippen molar-refractivity contribution < 1.29 is 4.39 Å². The van der Waals surface area contributed by atoms with Gasteiger partial charge in [-0.2, -0.15) is 0 Å². The summed E-state index contributed by atoms with van der Waals surface area (Å²) in [6.07, 6.45) is 1.84. The normalized spacial score (nSPS) is 11.4. The minimum atomic E-state index is -0.185. The van der Waals surface area contributed by atoms with Crippen molar-refractivity contribution in [2.45, 2.75) is 26.2 Å². The zero-order chi connectivity index (χ0) is 10.1. The third kappa shape index (κ3) is 1.97. The SMILES string of the molecule is C=CC(C)(C)c1cc(F)ccc1C. The fourth-order valence-electron chi connectivity index (χ4n) is 1.40. The van der Waals surface area contributed by atoms with Crippen LogP contribution in [0.1, 0.15) is 25.0 Å². The predicted molar refractivity (Wildman–Crippen MR) is 54.4 cm³/mol. The molecule has 1 aromatic carbocycles. The molecule has 0 atom stereocenters. The molecule has 0 aromatic heterocycles. The summed E-state index contributed by atoms with van der Waals surface area (Å²) >= 11 is 0. The van der Waals surface area contributed by atoms with Crippen molar-refractivity contribution in [3.8, 4) is 0 Å². The molecule has 0 N–H and O–H groups in total. The molecule has 0 heterocycles. The van der Waals surface area contributed by atoms with Crippen LogP contribution in [0.5, 0.6) is 0 Å². The molecule has 1 rings (SSSR count). The number of hydrogen-bond acceptors (Lipinski definition) is 0. The van der Waals surface area contributed by atoms with Gasteiger partial charge in [-0.15, -0.1) is 6.58 Å². The van der Waals surface area contributed by atoms with Gasteiger partial charge in [0.15, 0.2) is 0 Å². The lowest BCUT2D eigenvalue weighted by Crippen LogP contribution is -2.14. The topological polar surface area (TPSA) is 0 Å². The van der Waals surface area contributed by atoms with Crippen LogP contribution in [0.15, 0.2) is 30.9 Å². The molecule has 0 aliphatic carbocycles. The Labute approximate surface area is 79.1 Å². The summed E-state index contributed by atoms with van der Waals surface area (Å²) in [4.78, 5) is 0. The van der Waals surface area contributed by atoms with E-state index >= 15 is 0 Å². The van der Waals surface area contributed by atoms with E-state index in [0.29, 0.717) is 0 Å². The average Bonchev–Trinajstić information content (AvgIpc) is 2.09. The third-order valence-electron chi connectivity index (χ3n) is 2.40. The Kier molecular flexibility index (Phi) is 2.55. The summed E-state index contributed by atoms with van der Waals surface area (Å²) < 4.78 is 13.0. The van der Waals surface area contributed by atoms with Gasteiger partial charge >= 0.3 is 0 Å². The molecule has 0 bridgehead atoms. The summed E-state index contributed by atoms with van der Waals surface area (Å²) in [5, 5.41) is 0. The molecular weight excluding hydrogens is 163 g/mol. The highest BCUT2D eigenvalue weighted by Gasteiger charge is 2.18. The maximum Gasteiger partial charge on any atom is 0.123 e. The van der Waals surface area contributed by atoms with Gasteiger partial charge in [-0.05, 0) is 30.2 Å². The summed E-state index contributed by atoms with van der Waals surface area (Å²) in [6, 6.07) is 4.87. The van der Waals surface area contributed by atoms with Gasteiger partial charge < -0.3 is 0 Å². The number of rotatable bonds is 2. The molecule has 0 spiro atoms. The van der Waals surface area contributed by atoms with E-state index in [4.69, 9.17) is 0 Å². The number of benzene rings is 1. The van der Waals surface area contributed by atoms with Crippen molar-refractivity contribution in [3.63, 3.8) is 0 Å². The molecule has 1 aromatic rings. The molecule has 0 unspecified atom stereocenters. The molecular formula is C12H15F. The second-order valence-electron chi connectivity index (χ2n) is 3.89. The van der Waals surface area contributed by atoms with E-state index < -0.39 is 0 Å². The van der Waals surface area contributed by atoms with Gasteiger partial charge in [0.05, 0.1) is 0 Å². The number of aryl methyl sites for hydroxylation is 1. The Balaban J connectivity index is 3.28. The van der Waals surface area contributed by atoms with Gasteiger partial charge in [0.1, 0.15) is 5.82 Å². The Hall–Kier alpha value is -1.11. The van der Waals surface area contributed by atoms with Crippen LogP contribution in [-0.4, -0.2) is 0 Å². The Morgan fingerprint density at radius 2 is 2.00 bits per heavy atom. The zero-order valence-corrected chi connectivity index (χ0v) is 8.39. The van der Waals surface area contributed by atoms with Crippen LogP contribution in [0, 0.1) is 12.7 Å². The highest BCUT2D eigenvalue weighted by molar-refractivity contribution is 5.35. The molecule has 0 amide bonds. The lowest BCUT2D eigenvalue weighted by molar-refractivity contribution is 0.607. The van der Waals surface area contributed by atoms with Gasteiger partial charge in [-0.25, -0.2) is 4.39 Å². The van der Waals surface area contributed by atoms with Crippen molar-refractivity contribution in [1.82, 2.24) is 0 Å². The molecule has 0 fully saturated rings. The van der Waals surface area contributed by atoms with Gasteiger partial charge in [-0.1, -0.05) is 26.0 Å². The van der Waals surface area contributed by atoms with Gasteiger partial charge in [-0.3, -0.25) is 0 Å². The maximum atomic E-state index is 13.0. The standard InChI is InChI=1S/C12H15F/c1-5-12(3,4)11-8-10(13)7-6-9(11)2/h5-8H,1H2,2-4H3. The van der Waals surface area contributed by atoms with E-state index in [1.54, 1.807) is 12.1 Å². The van der Waals surface area contributed by atoms with Crippen LogP contribution in [0.4, 0.5) is 4.39 Å². The Morgan fingerprint density at radius 3 is 2.54 bits per heavy atom. The minimum absolute atomic E-state index is 0.161. The Morgan fingerprint density at radius 1 is 1.38 bits per heavy atom. The monoisotopic (exact) mass is 178 g/mol. The molecule has 70 valence electrons. The second kappa shape index (κ2) is 3.33. The molecule has 13 heavy (non-hydrogen) atoms. The molecule has 0 aliphatic heterocycles. The van der Waals surface area contributed by atoms with Crippen molar-refractivity contribution in [3.05, 3.63) is 47.8 Å². The molecule has 0 aliphatic rings. The van der Waals surface area contributed by atoms with Crippen LogP contribution in [0.2, 0.25) is 0 Å². The average molecular weight is 178 g/mol. The van der Waals surface area contributed by atoms with E-state index in [2.05, 4.69) is 6.58 Å². The molecule has 0 radical (unpaired) electrons. The fraction of sp³-hybridized carbons (Fsp3) is 0.333. The maximum absolute atomic E-state index is 13.0. The Bertz CT molecular complexity index is 324. The molecule has 0 saturated carbocycles. The first-order valence-electron chi connectivity index (χ1n) is 4.37. The minimum Gasteiger partial charge on any atom is -0.207 e. The molecule has 0 saturated heterocycles. The molecule has 0 nitrogen and oxygen atoms in total. The first kappa shape index (κ1) is 9.97. The first-order chi connectivity index (χ1) is 5.97. The van der Waals surface area contributed by atoms with Gasteiger partial charge in [0, 0.05) is 5.41 Å². The highest BCUT2D eigenvalue weighted by Crippen LogP contribution is 2.27. The summed E-state index contributed by atoms with van der Waals surface area (Å²) in [5.41, 5.74) is 1.94. The van der Waals surface area contributed by atoms with E-state index in [9.17, 15) is 4.39 Å². The lowest BCUT2D eigenvalue weighted by atomic mass is 9.82. The fourth-order valence-corrected chi connectivity index (χ4v) is 1.40. The third-order valence-corrected chi connectivity index (χ3v) is 2.40. The molecule has 1 heteroatoms. The van der Waals surface area contributed by atoms with Gasteiger partial charge in [0.25, 0.3) is 0 Å². The summed E-state index contributed by atoms with van der Waals surface area (Å²) in [6.45, 7) is 9.80. The zero-order valence-electron chi connectivity index (χ0n) is 8.39. The summed E-state index contributed by atoms with van der Waals surface area (Å²) in [5.74, 6) is -0.185. The summed E-state index contributed by atoms with van der Waals surface area (Å²) in [7, 11) is 0. The van der Waals surface area contributed by atoms with Gasteiger partial charge in [0.2, 0.25) is 0 Å². The van der Waals surface area contributed by atoms with E-state index in [-0.39, 0.29) is 11.2 Å². The predicted octanol–water partition coefficient (Wildman–Crippen LogP) is 3.60. The highest BCUT2D eigenvalue weighted by atomic mass is 19.1. The van der Waals surface area contributed by atoms with Crippen LogP contribution in [0.3, 0.4) is 0 Å². The van der Waals surface area contributed by atoms with Crippen LogP contribution < -0.4 is 0 Å². The quantitative estimate of drug-likeness (QED) is 0.607. The lowest BCUT2D eigenvalue weighted by Gasteiger charge is -2.22. The van der Waals surface area contributed by atoms with E-state index in [1.165, 1.54) is 6.07 Å². The smallest absolute Gasteiger partial charge is 0.123 e. The second-order valence-corrected chi connectivity index (χ2v) is 3.89. The van der Waals surface area contributed by atoms with Crippen LogP contribution in [0.25, 0.3) is 0 Å². The first-order valence-corrected chi connectivity index (χ1v) is 4.37. The number of hydrogen-bond donors (Lipinski definition) is 0. The largest absolute Gasteiger partial charge is 0.207 e. The van der Waals surface area contributed by atoms with Crippen LogP contribution in [-0.2, 0) is 5.41 Å². The van der Waals surface area contributed by atoms with Crippen molar-refractivity contribution in [1.29, 1.82) is 0 Å². The van der Waals surface area contributed by atoms with Crippen LogP contribution >= 0.6 is 0 Å². The van der Waals surface area contributed by atoms with E-state index in [0.717, 1.165) is 11.1 Å². The number of halogens is 1.